The van der Waals surface area contributed by atoms with E-state index in [4.69, 9.17) is 9.47 Å². The van der Waals surface area contributed by atoms with Crippen LogP contribution in [0, 0.1) is 16.0 Å². The standard InChI is InChI=1S/C18H23NO6/c20-17(24-12-14-5-2-1-3-6-14)9-10-18(21)25-13-15-7-4-8-16(11-15)19(22)23/h4,7-8,11,14H,1-3,5-6,9-10,12-13H2. The second-order valence-corrected chi connectivity index (χ2v) is 6.27. The van der Waals surface area contributed by atoms with Crippen molar-refractivity contribution < 1.29 is 24.0 Å². The molecule has 0 aromatic heterocycles. The molecule has 1 aromatic carbocycles. The molecule has 136 valence electrons. The summed E-state index contributed by atoms with van der Waals surface area (Å²) in [5, 5.41) is 10.7. The van der Waals surface area contributed by atoms with E-state index < -0.39 is 16.9 Å². The molecule has 1 saturated carbocycles. The summed E-state index contributed by atoms with van der Waals surface area (Å²) in [6.07, 6.45) is 5.75. The average molecular weight is 349 g/mol. The van der Waals surface area contributed by atoms with E-state index in [0.29, 0.717) is 18.1 Å². The number of hydrogen-bond acceptors (Lipinski definition) is 6. The van der Waals surface area contributed by atoms with Crippen LogP contribution < -0.4 is 0 Å². The Morgan fingerprint density at radius 2 is 1.76 bits per heavy atom. The molecular weight excluding hydrogens is 326 g/mol. The number of ether oxygens (including phenoxy) is 2. The highest BCUT2D eigenvalue weighted by Crippen LogP contribution is 2.23. The summed E-state index contributed by atoms with van der Waals surface area (Å²) >= 11 is 0. The van der Waals surface area contributed by atoms with Gasteiger partial charge in [0, 0.05) is 12.1 Å². The van der Waals surface area contributed by atoms with E-state index in [1.54, 1.807) is 6.07 Å². The van der Waals surface area contributed by atoms with Crippen LogP contribution in [0.25, 0.3) is 0 Å². The smallest absolute Gasteiger partial charge is 0.306 e. The summed E-state index contributed by atoms with van der Waals surface area (Å²) in [5.74, 6) is -0.475. The highest BCUT2D eigenvalue weighted by Gasteiger charge is 2.16. The molecule has 0 unspecified atom stereocenters. The van der Waals surface area contributed by atoms with E-state index in [1.807, 2.05) is 0 Å². The van der Waals surface area contributed by atoms with Crippen LogP contribution in [0.4, 0.5) is 5.69 Å². The maximum absolute atomic E-state index is 11.7. The summed E-state index contributed by atoms with van der Waals surface area (Å²) in [7, 11) is 0. The number of nitro groups is 1. The van der Waals surface area contributed by atoms with Gasteiger partial charge in [-0.15, -0.1) is 0 Å². The zero-order chi connectivity index (χ0) is 18.1. The summed E-state index contributed by atoms with van der Waals surface area (Å²) in [6, 6.07) is 5.89. The van der Waals surface area contributed by atoms with Crippen molar-refractivity contribution in [3.05, 3.63) is 39.9 Å². The number of nitrogens with zero attached hydrogens (tertiary/aromatic N) is 1. The van der Waals surface area contributed by atoms with Crippen molar-refractivity contribution in [2.75, 3.05) is 6.61 Å². The van der Waals surface area contributed by atoms with E-state index in [1.165, 1.54) is 37.5 Å². The van der Waals surface area contributed by atoms with Gasteiger partial charge in [0.2, 0.25) is 0 Å². The van der Waals surface area contributed by atoms with Crippen LogP contribution in [0.5, 0.6) is 0 Å². The summed E-state index contributed by atoms with van der Waals surface area (Å²) in [6.45, 7) is 0.374. The number of hydrogen-bond donors (Lipinski definition) is 0. The van der Waals surface area contributed by atoms with Crippen LogP contribution in [0.1, 0.15) is 50.5 Å². The number of non-ortho nitro benzene ring substituents is 1. The summed E-state index contributed by atoms with van der Waals surface area (Å²) in [4.78, 5) is 33.5. The highest BCUT2D eigenvalue weighted by atomic mass is 16.6. The van der Waals surface area contributed by atoms with Gasteiger partial charge in [0.25, 0.3) is 5.69 Å². The molecule has 0 saturated heterocycles. The zero-order valence-corrected chi connectivity index (χ0v) is 14.1. The fourth-order valence-electron chi connectivity index (χ4n) is 2.84. The Labute approximate surface area is 146 Å². The van der Waals surface area contributed by atoms with E-state index in [0.717, 1.165) is 12.8 Å². The van der Waals surface area contributed by atoms with E-state index >= 15 is 0 Å². The van der Waals surface area contributed by atoms with E-state index in [-0.39, 0.29) is 25.1 Å². The van der Waals surface area contributed by atoms with Crippen LogP contribution in [-0.2, 0) is 25.7 Å². The van der Waals surface area contributed by atoms with Crippen molar-refractivity contribution in [3.63, 3.8) is 0 Å². The molecule has 1 aliphatic carbocycles. The molecule has 0 heterocycles. The van der Waals surface area contributed by atoms with Gasteiger partial charge in [-0.2, -0.15) is 0 Å². The third kappa shape index (κ3) is 6.91. The van der Waals surface area contributed by atoms with Crippen LogP contribution in [-0.4, -0.2) is 23.5 Å². The quantitative estimate of drug-likeness (QED) is 0.404. The van der Waals surface area contributed by atoms with Crippen molar-refractivity contribution in [2.24, 2.45) is 5.92 Å². The molecule has 1 fully saturated rings. The van der Waals surface area contributed by atoms with Crippen molar-refractivity contribution >= 4 is 17.6 Å². The second-order valence-electron chi connectivity index (χ2n) is 6.27. The molecule has 0 atom stereocenters. The van der Waals surface area contributed by atoms with E-state index in [2.05, 4.69) is 0 Å². The Balaban J connectivity index is 1.63. The van der Waals surface area contributed by atoms with Gasteiger partial charge in [0.05, 0.1) is 24.4 Å². The van der Waals surface area contributed by atoms with Gasteiger partial charge in [-0.3, -0.25) is 19.7 Å². The number of carbonyl (C=O) groups excluding carboxylic acids is 2. The molecule has 0 N–H and O–H groups in total. The zero-order valence-electron chi connectivity index (χ0n) is 14.1. The van der Waals surface area contributed by atoms with E-state index in [9.17, 15) is 19.7 Å². The first-order valence-corrected chi connectivity index (χ1v) is 8.59. The lowest BCUT2D eigenvalue weighted by atomic mass is 9.90. The van der Waals surface area contributed by atoms with Crippen LogP contribution in [0.15, 0.2) is 24.3 Å². The van der Waals surface area contributed by atoms with Gasteiger partial charge in [-0.05, 0) is 24.3 Å². The lowest BCUT2D eigenvalue weighted by Gasteiger charge is -2.20. The Morgan fingerprint density at radius 3 is 2.44 bits per heavy atom. The summed E-state index contributed by atoms with van der Waals surface area (Å²) < 4.78 is 10.3. The predicted molar refractivity (Wildman–Crippen MR) is 89.7 cm³/mol. The monoisotopic (exact) mass is 349 g/mol. The van der Waals surface area contributed by atoms with Gasteiger partial charge in [0.15, 0.2) is 0 Å². The average Bonchev–Trinajstić information content (AvgIpc) is 2.64. The maximum atomic E-state index is 11.7. The molecule has 0 spiro atoms. The fraction of sp³-hybridized carbons (Fsp3) is 0.556. The molecule has 0 amide bonds. The Hall–Kier alpha value is -2.44. The van der Waals surface area contributed by atoms with Gasteiger partial charge in [-0.1, -0.05) is 31.4 Å². The number of esters is 2. The van der Waals surface area contributed by atoms with Crippen LogP contribution in [0.2, 0.25) is 0 Å². The minimum Gasteiger partial charge on any atom is -0.465 e. The molecule has 7 heteroatoms. The SMILES string of the molecule is O=C(CCC(=O)OCC1CCCCC1)OCc1cccc([N+](=O)[O-])c1. The molecule has 0 radical (unpaired) electrons. The predicted octanol–water partition coefficient (Wildman–Crippen LogP) is 3.54. The normalized spacial score (nSPS) is 14.7. The van der Waals surface area contributed by atoms with Crippen LogP contribution >= 0.6 is 0 Å². The Morgan fingerprint density at radius 1 is 1.08 bits per heavy atom. The van der Waals surface area contributed by atoms with Gasteiger partial charge < -0.3 is 9.47 Å². The largest absolute Gasteiger partial charge is 0.465 e. The van der Waals surface area contributed by atoms with Gasteiger partial charge in [0.1, 0.15) is 6.61 Å². The lowest BCUT2D eigenvalue weighted by Crippen LogP contribution is -2.17. The highest BCUT2D eigenvalue weighted by molar-refractivity contribution is 5.77. The lowest BCUT2D eigenvalue weighted by molar-refractivity contribution is -0.384. The topological polar surface area (TPSA) is 95.7 Å². The van der Waals surface area contributed by atoms with Crippen molar-refractivity contribution in [1.82, 2.24) is 0 Å². The first-order chi connectivity index (χ1) is 12.0. The van der Waals surface area contributed by atoms with Crippen LogP contribution in [0.3, 0.4) is 0 Å². The number of rotatable bonds is 8. The molecular formula is C18H23NO6. The number of benzene rings is 1. The number of carbonyl (C=O) groups is 2. The molecule has 2 rings (SSSR count). The maximum Gasteiger partial charge on any atom is 0.306 e. The Kier molecular flexibility index (Phi) is 7.37. The molecule has 7 nitrogen and oxygen atoms in total. The molecule has 1 aliphatic rings. The second kappa shape index (κ2) is 9.76. The minimum absolute atomic E-state index is 0.0134. The number of nitro benzene ring substituents is 1. The minimum atomic E-state index is -0.527. The Bertz CT molecular complexity index is 609. The van der Waals surface area contributed by atoms with Gasteiger partial charge in [-0.25, -0.2) is 0 Å². The molecule has 0 bridgehead atoms. The molecule has 1 aromatic rings. The van der Waals surface area contributed by atoms with Crippen molar-refractivity contribution in [3.8, 4) is 0 Å². The third-order valence-electron chi connectivity index (χ3n) is 4.26. The first-order valence-electron chi connectivity index (χ1n) is 8.59. The van der Waals surface area contributed by atoms with Crippen molar-refractivity contribution in [2.45, 2.75) is 51.6 Å². The molecule has 25 heavy (non-hydrogen) atoms. The molecule has 0 aliphatic heterocycles. The van der Waals surface area contributed by atoms with Crippen molar-refractivity contribution in [1.29, 1.82) is 0 Å². The summed E-state index contributed by atoms with van der Waals surface area (Å²) in [5.41, 5.74) is 0.474. The first kappa shape index (κ1) is 18.9. The fourth-order valence-corrected chi connectivity index (χ4v) is 2.84. The third-order valence-corrected chi connectivity index (χ3v) is 4.26. The van der Waals surface area contributed by atoms with Gasteiger partial charge >= 0.3 is 11.9 Å².